The number of hydrogen-bond acceptors (Lipinski definition) is 3. The zero-order valence-electron chi connectivity index (χ0n) is 11.4. The molecule has 3 unspecified atom stereocenters. The average molecular weight is 250 g/mol. The third-order valence-corrected chi connectivity index (χ3v) is 3.65. The van der Waals surface area contributed by atoms with Crippen LogP contribution in [0, 0.1) is 0 Å². The Kier molecular flexibility index (Phi) is 4.17. The van der Waals surface area contributed by atoms with E-state index in [-0.39, 0.29) is 18.0 Å². The van der Waals surface area contributed by atoms with Crippen LogP contribution in [0.3, 0.4) is 0 Å². The number of hydrogen-bond donors (Lipinski definition) is 0. The van der Waals surface area contributed by atoms with E-state index in [0.717, 1.165) is 25.0 Å². The molecule has 0 aromatic carbocycles. The van der Waals surface area contributed by atoms with Gasteiger partial charge in [-0.1, -0.05) is 6.92 Å². The molecule has 100 valence electrons. The smallest absolute Gasteiger partial charge is 0.167 e. The van der Waals surface area contributed by atoms with Crippen molar-refractivity contribution in [1.29, 1.82) is 0 Å². The zero-order valence-corrected chi connectivity index (χ0v) is 11.4. The Morgan fingerprint density at radius 2 is 2.39 bits per heavy atom. The third kappa shape index (κ3) is 2.99. The summed E-state index contributed by atoms with van der Waals surface area (Å²) in [7, 11) is 0. The molecule has 1 aromatic heterocycles. The van der Waals surface area contributed by atoms with Crippen molar-refractivity contribution in [3.8, 4) is 0 Å². The molecular formula is C14H22N2O2. The molecule has 1 aliphatic heterocycles. The van der Waals surface area contributed by atoms with Crippen LogP contribution in [0.25, 0.3) is 0 Å². The maximum atomic E-state index is 12.0. The van der Waals surface area contributed by atoms with Gasteiger partial charge in [-0.15, -0.1) is 0 Å². The summed E-state index contributed by atoms with van der Waals surface area (Å²) in [5.74, 6) is 0.161. The van der Waals surface area contributed by atoms with Gasteiger partial charge >= 0.3 is 0 Å². The molecule has 18 heavy (non-hydrogen) atoms. The molecular weight excluding hydrogens is 228 g/mol. The number of Topliss-reactive ketones (excluding diaryl/α,β-unsaturated/α-hetero) is 1. The number of ether oxygens (including phenoxy) is 1. The Bertz CT molecular complexity index is 414. The van der Waals surface area contributed by atoms with Gasteiger partial charge in [0.15, 0.2) is 5.78 Å². The maximum Gasteiger partial charge on any atom is 0.167 e. The second kappa shape index (κ2) is 5.65. The standard InChI is InChI=1S/C14H22N2O2/c1-4-10(2)16-8-7-12(15-16)9-13(17)14-6-5-11(3)18-14/h7-8,10-11,14H,4-6,9H2,1-3H3. The van der Waals surface area contributed by atoms with E-state index >= 15 is 0 Å². The molecule has 1 aliphatic rings. The largest absolute Gasteiger partial charge is 0.367 e. The van der Waals surface area contributed by atoms with E-state index in [2.05, 4.69) is 18.9 Å². The second-order valence-corrected chi connectivity index (χ2v) is 5.20. The minimum absolute atomic E-state index is 0.161. The van der Waals surface area contributed by atoms with Gasteiger partial charge in [-0.2, -0.15) is 5.10 Å². The summed E-state index contributed by atoms with van der Waals surface area (Å²) in [6.07, 6.45) is 5.23. The second-order valence-electron chi connectivity index (χ2n) is 5.20. The SMILES string of the molecule is CCC(C)n1ccc(CC(=O)C2CCC(C)O2)n1. The van der Waals surface area contributed by atoms with E-state index in [0.29, 0.717) is 12.5 Å². The molecule has 0 radical (unpaired) electrons. The molecule has 0 spiro atoms. The lowest BCUT2D eigenvalue weighted by atomic mass is 10.1. The Morgan fingerprint density at radius 1 is 1.61 bits per heavy atom. The highest BCUT2D eigenvalue weighted by molar-refractivity contribution is 5.85. The summed E-state index contributed by atoms with van der Waals surface area (Å²) >= 11 is 0. The van der Waals surface area contributed by atoms with Gasteiger partial charge in [0.05, 0.1) is 18.2 Å². The van der Waals surface area contributed by atoms with Crippen molar-refractivity contribution in [3.63, 3.8) is 0 Å². The fourth-order valence-corrected chi connectivity index (χ4v) is 2.24. The van der Waals surface area contributed by atoms with Crippen molar-refractivity contribution in [2.75, 3.05) is 0 Å². The minimum Gasteiger partial charge on any atom is -0.367 e. The molecule has 0 bridgehead atoms. The van der Waals surface area contributed by atoms with Crippen LogP contribution in [0.2, 0.25) is 0 Å². The summed E-state index contributed by atoms with van der Waals surface area (Å²) in [5, 5.41) is 4.45. The lowest BCUT2D eigenvalue weighted by Gasteiger charge is -2.09. The molecule has 1 saturated heterocycles. The first-order valence-electron chi connectivity index (χ1n) is 6.82. The van der Waals surface area contributed by atoms with E-state index in [1.807, 2.05) is 23.9 Å². The number of rotatable bonds is 5. The van der Waals surface area contributed by atoms with E-state index in [4.69, 9.17) is 4.74 Å². The fraction of sp³-hybridized carbons (Fsp3) is 0.714. The van der Waals surface area contributed by atoms with Gasteiger partial charge in [-0.3, -0.25) is 9.48 Å². The first-order chi connectivity index (χ1) is 8.60. The fourth-order valence-electron chi connectivity index (χ4n) is 2.24. The van der Waals surface area contributed by atoms with Crippen molar-refractivity contribution in [1.82, 2.24) is 9.78 Å². The average Bonchev–Trinajstić information content (AvgIpc) is 2.97. The molecule has 2 heterocycles. The summed E-state index contributed by atoms with van der Waals surface area (Å²) in [4.78, 5) is 12.0. The van der Waals surface area contributed by atoms with E-state index in [1.54, 1.807) is 0 Å². The van der Waals surface area contributed by atoms with Crippen LogP contribution in [0.15, 0.2) is 12.3 Å². The summed E-state index contributed by atoms with van der Waals surface area (Å²) < 4.78 is 7.52. The van der Waals surface area contributed by atoms with Crippen LogP contribution in [-0.2, 0) is 16.0 Å². The van der Waals surface area contributed by atoms with Crippen LogP contribution in [0.4, 0.5) is 0 Å². The molecule has 0 aliphatic carbocycles. The van der Waals surface area contributed by atoms with Crippen LogP contribution in [0.1, 0.15) is 51.8 Å². The maximum absolute atomic E-state index is 12.0. The molecule has 2 rings (SSSR count). The number of carbonyl (C=O) groups excluding carboxylic acids is 1. The third-order valence-electron chi connectivity index (χ3n) is 3.65. The van der Waals surface area contributed by atoms with Gasteiger partial charge in [0, 0.05) is 12.2 Å². The topological polar surface area (TPSA) is 44.1 Å². The Labute approximate surface area is 108 Å². The van der Waals surface area contributed by atoms with Crippen molar-refractivity contribution >= 4 is 5.78 Å². The lowest BCUT2D eigenvalue weighted by Crippen LogP contribution is -2.22. The number of carbonyl (C=O) groups is 1. The van der Waals surface area contributed by atoms with Crippen LogP contribution in [-0.4, -0.2) is 27.8 Å². The Morgan fingerprint density at radius 3 is 3.00 bits per heavy atom. The van der Waals surface area contributed by atoms with Crippen LogP contribution in [0.5, 0.6) is 0 Å². The number of nitrogens with zero attached hydrogens (tertiary/aromatic N) is 2. The molecule has 4 nitrogen and oxygen atoms in total. The van der Waals surface area contributed by atoms with Gasteiger partial charge < -0.3 is 4.74 Å². The van der Waals surface area contributed by atoms with Crippen molar-refractivity contribution in [2.24, 2.45) is 0 Å². The molecule has 3 atom stereocenters. The Hall–Kier alpha value is -1.16. The molecule has 1 fully saturated rings. The Balaban J connectivity index is 1.93. The summed E-state index contributed by atoms with van der Waals surface area (Å²) in [6, 6.07) is 2.32. The zero-order chi connectivity index (χ0) is 13.1. The molecule has 0 saturated carbocycles. The van der Waals surface area contributed by atoms with Crippen LogP contribution < -0.4 is 0 Å². The van der Waals surface area contributed by atoms with Gasteiger partial charge in [0.2, 0.25) is 0 Å². The predicted molar refractivity (Wildman–Crippen MR) is 69.5 cm³/mol. The highest BCUT2D eigenvalue weighted by Crippen LogP contribution is 2.21. The lowest BCUT2D eigenvalue weighted by molar-refractivity contribution is -0.128. The monoisotopic (exact) mass is 250 g/mol. The summed E-state index contributed by atoms with van der Waals surface area (Å²) in [5.41, 5.74) is 0.850. The van der Waals surface area contributed by atoms with E-state index in [1.165, 1.54) is 0 Å². The quantitative estimate of drug-likeness (QED) is 0.806. The van der Waals surface area contributed by atoms with Gasteiger partial charge in [0.1, 0.15) is 6.10 Å². The first kappa shape index (κ1) is 13.3. The van der Waals surface area contributed by atoms with Crippen molar-refractivity contribution in [3.05, 3.63) is 18.0 Å². The highest BCUT2D eigenvalue weighted by Gasteiger charge is 2.28. The molecule has 4 heteroatoms. The number of aromatic nitrogens is 2. The van der Waals surface area contributed by atoms with E-state index in [9.17, 15) is 4.79 Å². The van der Waals surface area contributed by atoms with E-state index < -0.39 is 0 Å². The molecule has 0 N–H and O–H groups in total. The van der Waals surface area contributed by atoms with Crippen molar-refractivity contribution < 1.29 is 9.53 Å². The van der Waals surface area contributed by atoms with Gasteiger partial charge in [0.25, 0.3) is 0 Å². The number of ketones is 1. The van der Waals surface area contributed by atoms with Crippen LogP contribution >= 0.6 is 0 Å². The molecule has 1 aromatic rings. The van der Waals surface area contributed by atoms with Gasteiger partial charge in [-0.05, 0) is 39.2 Å². The van der Waals surface area contributed by atoms with Gasteiger partial charge in [-0.25, -0.2) is 0 Å². The first-order valence-corrected chi connectivity index (χ1v) is 6.82. The molecule has 0 amide bonds. The summed E-state index contributed by atoms with van der Waals surface area (Å²) in [6.45, 7) is 6.27. The minimum atomic E-state index is -0.214. The normalized spacial score (nSPS) is 25.3. The predicted octanol–water partition coefficient (Wildman–Crippen LogP) is 2.53. The van der Waals surface area contributed by atoms with Crippen molar-refractivity contribution in [2.45, 2.75) is 64.7 Å². The highest BCUT2D eigenvalue weighted by atomic mass is 16.5.